The first-order valence-corrected chi connectivity index (χ1v) is 9.88. The van der Waals surface area contributed by atoms with Crippen LogP contribution in [0.1, 0.15) is 45.6 Å². The van der Waals surface area contributed by atoms with Crippen molar-refractivity contribution in [2.24, 2.45) is 0 Å². The molecule has 0 unspecified atom stereocenters. The highest BCUT2D eigenvalue weighted by Gasteiger charge is 2.21. The molecule has 1 aromatic rings. The molecule has 0 heterocycles. The fourth-order valence-electron chi connectivity index (χ4n) is 2.26. The van der Waals surface area contributed by atoms with Crippen molar-refractivity contribution < 1.29 is 24.2 Å². The minimum Gasteiger partial charge on any atom is -0.480 e. The smallest absolute Gasteiger partial charge is 0.407 e. The molecule has 1 aromatic carbocycles. The molecule has 8 heteroatoms. The van der Waals surface area contributed by atoms with Crippen molar-refractivity contribution in [1.29, 1.82) is 0 Å². The van der Waals surface area contributed by atoms with Crippen LogP contribution in [0.4, 0.5) is 4.79 Å². The number of carboxylic acids is 1. The maximum absolute atomic E-state index is 12.0. The largest absolute Gasteiger partial charge is 0.480 e. The lowest BCUT2D eigenvalue weighted by Gasteiger charge is -2.20. The molecule has 1 rings (SSSR count). The molecule has 3 N–H and O–H groups in total. The van der Waals surface area contributed by atoms with E-state index in [1.165, 1.54) is 0 Å². The predicted molar refractivity (Wildman–Crippen MR) is 111 cm³/mol. The molecule has 1 atom stereocenters. The maximum Gasteiger partial charge on any atom is 0.407 e. The summed E-state index contributed by atoms with van der Waals surface area (Å²) >= 11 is 2.23. The highest BCUT2D eigenvalue weighted by molar-refractivity contribution is 14.1. The summed E-state index contributed by atoms with van der Waals surface area (Å²) in [6.07, 6.45) is 1.10. The van der Waals surface area contributed by atoms with Gasteiger partial charge in [-0.25, -0.2) is 9.59 Å². The highest BCUT2D eigenvalue weighted by atomic mass is 127. The van der Waals surface area contributed by atoms with E-state index in [9.17, 15) is 19.5 Å². The number of rotatable bonds is 9. The van der Waals surface area contributed by atoms with Gasteiger partial charge in [0.25, 0.3) is 0 Å². The molecule has 7 nitrogen and oxygen atoms in total. The molecule has 0 saturated heterocycles. The van der Waals surface area contributed by atoms with Gasteiger partial charge >= 0.3 is 12.1 Å². The number of hydrogen-bond donors (Lipinski definition) is 3. The standard InChI is InChI=1S/C19H27IN2O5/c1-19(2,3)27-18(26)21-12-11-15(17(24)25)22-16(23)6-4-5-13-7-9-14(20)10-8-13/h7-10,15H,4-6,11-12H2,1-3H3,(H,21,26)(H,22,23)(H,24,25)/t15-/m0/s1. The normalized spacial score (nSPS) is 12.1. The van der Waals surface area contributed by atoms with Crippen molar-refractivity contribution in [2.45, 2.75) is 58.1 Å². The van der Waals surface area contributed by atoms with Gasteiger partial charge in [-0.15, -0.1) is 0 Å². The molecule has 0 aliphatic rings. The third kappa shape index (κ3) is 10.8. The Morgan fingerprint density at radius 3 is 2.37 bits per heavy atom. The molecular formula is C19H27IN2O5. The van der Waals surface area contributed by atoms with Gasteiger partial charge in [-0.1, -0.05) is 12.1 Å². The van der Waals surface area contributed by atoms with E-state index in [2.05, 4.69) is 33.2 Å². The summed E-state index contributed by atoms with van der Waals surface area (Å²) in [6.45, 7) is 5.31. The molecule has 0 fully saturated rings. The monoisotopic (exact) mass is 490 g/mol. The summed E-state index contributed by atoms with van der Waals surface area (Å²) in [4.78, 5) is 34.9. The van der Waals surface area contributed by atoms with E-state index in [-0.39, 0.29) is 25.3 Å². The first-order valence-electron chi connectivity index (χ1n) is 8.80. The Balaban J connectivity index is 2.33. The van der Waals surface area contributed by atoms with Gasteiger partial charge in [0.15, 0.2) is 0 Å². The summed E-state index contributed by atoms with van der Waals surface area (Å²) in [5, 5.41) is 14.2. The Labute approximate surface area is 173 Å². The fourth-order valence-corrected chi connectivity index (χ4v) is 2.62. The van der Waals surface area contributed by atoms with E-state index in [4.69, 9.17) is 4.74 Å². The van der Waals surface area contributed by atoms with Crippen molar-refractivity contribution >= 4 is 40.6 Å². The number of ether oxygens (including phenoxy) is 1. The van der Waals surface area contributed by atoms with E-state index in [1.807, 2.05) is 24.3 Å². The van der Waals surface area contributed by atoms with Gasteiger partial charge in [-0.05, 0) is 80.3 Å². The fraction of sp³-hybridized carbons (Fsp3) is 0.526. The van der Waals surface area contributed by atoms with Crippen molar-refractivity contribution in [3.05, 3.63) is 33.4 Å². The Morgan fingerprint density at radius 2 is 1.81 bits per heavy atom. The van der Waals surface area contributed by atoms with Crippen LogP contribution in [0.3, 0.4) is 0 Å². The first kappa shape index (κ1) is 23.2. The van der Waals surface area contributed by atoms with Crippen LogP contribution in [-0.2, 0) is 20.7 Å². The molecule has 0 radical (unpaired) electrons. The number of aliphatic carboxylic acids is 1. The van der Waals surface area contributed by atoms with Crippen LogP contribution in [0, 0.1) is 3.57 Å². The minimum absolute atomic E-state index is 0.0808. The Kier molecular flexibility index (Phi) is 9.54. The van der Waals surface area contributed by atoms with Crippen LogP contribution < -0.4 is 10.6 Å². The van der Waals surface area contributed by atoms with Crippen LogP contribution >= 0.6 is 22.6 Å². The second-order valence-corrected chi connectivity index (χ2v) is 8.40. The zero-order valence-electron chi connectivity index (χ0n) is 15.9. The number of hydrogen-bond acceptors (Lipinski definition) is 4. The molecule has 0 aromatic heterocycles. The lowest BCUT2D eigenvalue weighted by atomic mass is 10.1. The lowest BCUT2D eigenvalue weighted by molar-refractivity contribution is -0.142. The average molecular weight is 490 g/mol. The number of carboxylic acid groups (broad SMARTS) is 1. The summed E-state index contributed by atoms with van der Waals surface area (Å²) in [6, 6.07) is 7.00. The molecule has 150 valence electrons. The number of nitrogens with one attached hydrogen (secondary N) is 2. The van der Waals surface area contributed by atoms with Crippen molar-refractivity contribution in [3.63, 3.8) is 0 Å². The van der Waals surface area contributed by atoms with Gasteiger partial charge in [-0.3, -0.25) is 4.79 Å². The van der Waals surface area contributed by atoms with Gasteiger partial charge in [0.2, 0.25) is 5.91 Å². The Hall–Kier alpha value is -1.84. The molecule has 0 aliphatic carbocycles. The van der Waals surface area contributed by atoms with E-state index in [1.54, 1.807) is 20.8 Å². The van der Waals surface area contributed by atoms with Gasteiger partial charge in [0, 0.05) is 16.5 Å². The highest BCUT2D eigenvalue weighted by Crippen LogP contribution is 2.10. The predicted octanol–water partition coefficient (Wildman–Crippen LogP) is 3.10. The zero-order valence-corrected chi connectivity index (χ0v) is 18.0. The van der Waals surface area contributed by atoms with Crippen molar-refractivity contribution in [1.82, 2.24) is 10.6 Å². The molecule has 0 saturated carbocycles. The number of halogens is 1. The van der Waals surface area contributed by atoms with Gasteiger partial charge in [0.05, 0.1) is 0 Å². The van der Waals surface area contributed by atoms with Crippen LogP contribution in [0.5, 0.6) is 0 Å². The quantitative estimate of drug-likeness (QED) is 0.462. The van der Waals surface area contributed by atoms with Crippen LogP contribution in [0.2, 0.25) is 0 Å². The Morgan fingerprint density at radius 1 is 1.19 bits per heavy atom. The molecule has 27 heavy (non-hydrogen) atoms. The third-order valence-corrected chi connectivity index (χ3v) is 4.24. The molecule has 0 aliphatic heterocycles. The summed E-state index contributed by atoms with van der Waals surface area (Å²) in [7, 11) is 0. The van der Waals surface area contributed by atoms with Crippen molar-refractivity contribution in [3.8, 4) is 0 Å². The lowest BCUT2D eigenvalue weighted by Crippen LogP contribution is -2.43. The van der Waals surface area contributed by atoms with Gasteiger partial charge < -0.3 is 20.5 Å². The topological polar surface area (TPSA) is 105 Å². The van der Waals surface area contributed by atoms with Crippen LogP contribution in [0.15, 0.2) is 24.3 Å². The molecule has 0 bridgehead atoms. The average Bonchev–Trinajstić information content (AvgIpc) is 2.54. The number of alkyl carbamates (subject to hydrolysis) is 1. The number of benzene rings is 1. The zero-order chi connectivity index (χ0) is 20.4. The summed E-state index contributed by atoms with van der Waals surface area (Å²) in [5.74, 6) is -1.45. The third-order valence-electron chi connectivity index (χ3n) is 3.52. The molecular weight excluding hydrogens is 463 g/mol. The summed E-state index contributed by atoms with van der Waals surface area (Å²) in [5.41, 5.74) is 0.515. The van der Waals surface area contributed by atoms with Gasteiger partial charge in [0.1, 0.15) is 11.6 Å². The maximum atomic E-state index is 12.0. The minimum atomic E-state index is -1.13. The number of carbonyl (C=O) groups excluding carboxylic acids is 2. The second kappa shape index (κ2) is 11.1. The number of amides is 2. The molecule has 0 spiro atoms. The van der Waals surface area contributed by atoms with Crippen molar-refractivity contribution in [2.75, 3.05) is 6.54 Å². The first-order chi connectivity index (χ1) is 12.6. The van der Waals surface area contributed by atoms with Crippen LogP contribution in [-0.4, -0.2) is 41.3 Å². The van der Waals surface area contributed by atoms with Gasteiger partial charge in [-0.2, -0.15) is 0 Å². The second-order valence-electron chi connectivity index (χ2n) is 7.16. The summed E-state index contributed by atoms with van der Waals surface area (Å²) < 4.78 is 6.23. The number of carbonyl (C=O) groups is 3. The van der Waals surface area contributed by atoms with E-state index in [0.717, 1.165) is 15.6 Å². The number of aryl methyl sites for hydroxylation is 1. The van der Waals surface area contributed by atoms with Crippen LogP contribution in [0.25, 0.3) is 0 Å². The molecule has 2 amide bonds. The van der Waals surface area contributed by atoms with E-state index < -0.39 is 23.7 Å². The van der Waals surface area contributed by atoms with E-state index >= 15 is 0 Å². The van der Waals surface area contributed by atoms with E-state index in [0.29, 0.717) is 6.42 Å². The Bertz CT molecular complexity index is 640. The SMILES string of the molecule is CC(C)(C)OC(=O)NCC[C@H](NC(=O)CCCc1ccc(I)cc1)C(=O)O.